The topological polar surface area (TPSA) is 84.9 Å². The lowest BCUT2D eigenvalue weighted by molar-refractivity contribution is -0.145. The van der Waals surface area contributed by atoms with Gasteiger partial charge in [0.2, 0.25) is 5.91 Å². The maximum Gasteiger partial charge on any atom is 0.307 e. The monoisotopic (exact) mass is 556 g/mol. The van der Waals surface area contributed by atoms with E-state index in [1.54, 1.807) is 11.8 Å². The molecule has 0 spiro atoms. The Hall–Kier alpha value is -1.63. The van der Waals surface area contributed by atoms with Gasteiger partial charge in [-0.2, -0.15) is 0 Å². The molecule has 39 heavy (non-hydrogen) atoms. The van der Waals surface area contributed by atoms with Crippen molar-refractivity contribution in [2.45, 2.75) is 138 Å². The van der Waals surface area contributed by atoms with E-state index in [0.717, 1.165) is 64.1 Å². The highest BCUT2D eigenvalue weighted by Gasteiger charge is 2.16. The van der Waals surface area contributed by atoms with Gasteiger partial charge in [0, 0.05) is 26.6 Å². The number of rotatable bonds is 24. The third kappa shape index (κ3) is 26.4. The second kappa shape index (κ2) is 29.4. The van der Waals surface area contributed by atoms with E-state index < -0.39 is 0 Å². The van der Waals surface area contributed by atoms with Gasteiger partial charge in [-0.15, -0.1) is 0 Å². The first-order valence-electron chi connectivity index (χ1n) is 16.1. The van der Waals surface area contributed by atoms with Crippen LogP contribution in [0, 0.1) is 11.8 Å². The zero-order chi connectivity index (χ0) is 29.7. The average Bonchev–Trinajstić information content (AvgIpc) is 2.92. The normalized spacial score (nSPS) is 12.2. The van der Waals surface area contributed by atoms with E-state index in [-0.39, 0.29) is 17.8 Å². The minimum atomic E-state index is -0.198. The highest BCUT2D eigenvalue weighted by atomic mass is 16.5. The fourth-order valence-electron chi connectivity index (χ4n) is 4.08. The molecule has 0 aromatic rings. The van der Waals surface area contributed by atoms with Crippen molar-refractivity contribution in [1.29, 1.82) is 0 Å². The van der Waals surface area contributed by atoms with Gasteiger partial charge >= 0.3 is 11.9 Å². The number of carbonyl (C=O) groups excluding carboxylic acids is 3. The molecule has 0 aromatic heterocycles. The summed E-state index contributed by atoms with van der Waals surface area (Å²) in [5.41, 5.74) is 0. The third-order valence-corrected chi connectivity index (χ3v) is 7.06. The Bertz CT molecular complexity index is 583. The number of amides is 1. The molecule has 0 aliphatic rings. The van der Waals surface area contributed by atoms with E-state index in [2.05, 4.69) is 46.9 Å². The Morgan fingerprint density at radius 1 is 0.692 bits per heavy atom. The molecule has 7 nitrogen and oxygen atoms in total. The number of hydrogen-bond donors (Lipinski definition) is 1. The predicted molar refractivity (Wildman–Crippen MR) is 163 cm³/mol. The van der Waals surface area contributed by atoms with Gasteiger partial charge in [0.1, 0.15) is 0 Å². The number of hydrogen-bond acceptors (Lipinski definition) is 6. The Kier molecular flexibility index (Phi) is 29.7. The number of nitrogens with one attached hydrogen (secondary N) is 1. The molecule has 1 amide bonds. The van der Waals surface area contributed by atoms with Crippen LogP contribution in [0.3, 0.4) is 0 Å². The second-order valence-electron chi connectivity index (χ2n) is 10.7. The van der Waals surface area contributed by atoms with Crippen molar-refractivity contribution >= 4 is 17.8 Å². The Morgan fingerprint density at radius 3 is 1.64 bits per heavy atom. The van der Waals surface area contributed by atoms with Crippen LogP contribution < -0.4 is 5.32 Å². The lowest BCUT2D eigenvalue weighted by Gasteiger charge is -2.26. The molecule has 0 aliphatic heterocycles. The van der Waals surface area contributed by atoms with Crippen molar-refractivity contribution in [1.82, 2.24) is 10.2 Å². The van der Waals surface area contributed by atoms with Crippen molar-refractivity contribution in [2.24, 2.45) is 11.8 Å². The second-order valence-corrected chi connectivity index (χ2v) is 10.7. The van der Waals surface area contributed by atoms with Crippen LogP contribution in [-0.4, -0.2) is 62.1 Å². The summed E-state index contributed by atoms with van der Waals surface area (Å²) >= 11 is 0. The van der Waals surface area contributed by atoms with Gasteiger partial charge in [-0.1, -0.05) is 92.9 Å². The van der Waals surface area contributed by atoms with Crippen LogP contribution >= 0.6 is 0 Å². The molecule has 0 bridgehead atoms. The van der Waals surface area contributed by atoms with E-state index >= 15 is 0 Å². The molecule has 0 fully saturated rings. The van der Waals surface area contributed by atoms with Gasteiger partial charge in [0.05, 0.1) is 26.1 Å². The van der Waals surface area contributed by atoms with Crippen molar-refractivity contribution in [3.05, 3.63) is 0 Å². The molecular formula is C32H64N2O5. The molecule has 0 aliphatic carbocycles. The first-order valence-corrected chi connectivity index (χ1v) is 16.1. The number of nitrogens with zero attached hydrogens (tertiary/aromatic N) is 1. The smallest absolute Gasteiger partial charge is 0.307 e. The lowest BCUT2D eigenvalue weighted by Crippen LogP contribution is -2.35. The van der Waals surface area contributed by atoms with Crippen molar-refractivity contribution in [2.75, 3.05) is 39.4 Å². The maximum atomic E-state index is 11.7. The Morgan fingerprint density at radius 2 is 1.18 bits per heavy atom. The highest BCUT2D eigenvalue weighted by Crippen LogP contribution is 2.15. The summed E-state index contributed by atoms with van der Waals surface area (Å²) in [6.07, 6.45) is 14.4. The van der Waals surface area contributed by atoms with Crippen LogP contribution in [0.5, 0.6) is 0 Å². The molecule has 2 atom stereocenters. The molecule has 0 heterocycles. The predicted octanol–water partition coefficient (Wildman–Crippen LogP) is 7.31. The van der Waals surface area contributed by atoms with Crippen molar-refractivity contribution in [3.63, 3.8) is 0 Å². The zero-order valence-electron chi connectivity index (χ0n) is 26.8. The minimum absolute atomic E-state index is 0.0475. The van der Waals surface area contributed by atoms with Gasteiger partial charge in [-0.3, -0.25) is 14.4 Å². The summed E-state index contributed by atoms with van der Waals surface area (Å²) < 4.78 is 10.2. The van der Waals surface area contributed by atoms with Gasteiger partial charge < -0.3 is 19.7 Å². The standard InChI is InChI=1S/C17H33NO3.C15H31NO2/c1-5-8-10-16(7-3)14-18(15(4)19)12-11-17(20)21-13-9-6-2;1-4-7-9-14(6-3)13-16-11-10-15(17)18-12-8-5-2/h16H,5-14H2,1-4H3;14,16H,4-13H2,1-3H3. The molecular weight excluding hydrogens is 492 g/mol. The van der Waals surface area contributed by atoms with Crippen LogP contribution in [0.15, 0.2) is 0 Å². The van der Waals surface area contributed by atoms with Crippen LogP contribution in [0.4, 0.5) is 0 Å². The SMILES string of the molecule is CCCCOC(=O)CCN(CC(CC)CCCC)C(C)=O.CCCCOC(=O)CCNCC(CC)CCCC. The number of carbonyl (C=O) groups is 3. The minimum Gasteiger partial charge on any atom is -0.466 e. The van der Waals surface area contributed by atoms with E-state index in [9.17, 15) is 14.4 Å². The van der Waals surface area contributed by atoms with Gasteiger partial charge in [0.15, 0.2) is 0 Å². The number of ether oxygens (including phenoxy) is 2. The van der Waals surface area contributed by atoms with Crippen molar-refractivity contribution < 1.29 is 23.9 Å². The van der Waals surface area contributed by atoms with Crippen LogP contribution in [0.1, 0.15) is 138 Å². The number of esters is 2. The summed E-state index contributed by atoms with van der Waals surface area (Å²) in [4.78, 5) is 36.5. The molecule has 7 heteroatoms. The van der Waals surface area contributed by atoms with Crippen LogP contribution in [0.2, 0.25) is 0 Å². The van der Waals surface area contributed by atoms with E-state index in [0.29, 0.717) is 38.5 Å². The maximum absolute atomic E-state index is 11.7. The van der Waals surface area contributed by atoms with Gasteiger partial charge in [0.25, 0.3) is 0 Å². The molecule has 0 radical (unpaired) electrons. The largest absolute Gasteiger partial charge is 0.466 e. The molecule has 0 saturated heterocycles. The fraction of sp³-hybridized carbons (Fsp3) is 0.906. The Balaban J connectivity index is 0. The summed E-state index contributed by atoms with van der Waals surface area (Å²) in [6, 6.07) is 0. The molecule has 232 valence electrons. The molecule has 1 N–H and O–H groups in total. The fourth-order valence-corrected chi connectivity index (χ4v) is 4.08. The van der Waals surface area contributed by atoms with E-state index in [1.807, 2.05) is 0 Å². The van der Waals surface area contributed by atoms with E-state index in [4.69, 9.17) is 9.47 Å². The Labute approximate surface area is 241 Å². The van der Waals surface area contributed by atoms with Crippen LogP contribution in [0.25, 0.3) is 0 Å². The lowest BCUT2D eigenvalue weighted by atomic mass is 9.98. The summed E-state index contributed by atoms with van der Waals surface area (Å²) in [6.45, 7) is 18.6. The van der Waals surface area contributed by atoms with Crippen LogP contribution in [-0.2, 0) is 23.9 Å². The summed E-state index contributed by atoms with van der Waals surface area (Å²) in [5, 5.41) is 3.37. The molecule has 2 unspecified atom stereocenters. The summed E-state index contributed by atoms with van der Waals surface area (Å²) in [7, 11) is 0. The summed E-state index contributed by atoms with van der Waals surface area (Å²) in [5.74, 6) is 1.06. The number of unbranched alkanes of at least 4 members (excludes halogenated alkanes) is 4. The van der Waals surface area contributed by atoms with Gasteiger partial charge in [-0.25, -0.2) is 0 Å². The average molecular weight is 557 g/mol. The van der Waals surface area contributed by atoms with Crippen molar-refractivity contribution in [3.8, 4) is 0 Å². The highest BCUT2D eigenvalue weighted by molar-refractivity contribution is 5.75. The molecule has 0 saturated carbocycles. The molecule has 0 rings (SSSR count). The first-order chi connectivity index (χ1) is 18.8. The third-order valence-electron chi connectivity index (χ3n) is 7.06. The van der Waals surface area contributed by atoms with Gasteiger partial charge in [-0.05, 0) is 44.1 Å². The molecule has 0 aromatic carbocycles. The zero-order valence-corrected chi connectivity index (χ0v) is 26.8. The van der Waals surface area contributed by atoms with E-state index in [1.165, 1.54) is 38.5 Å². The quantitative estimate of drug-likeness (QED) is 0.0991. The first kappa shape index (κ1) is 39.5.